The molecule has 0 bridgehead atoms. The number of nitrogens with zero attached hydrogens (tertiary/aromatic N) is 3. The van der Waals surface area contributed by atoms with Gasteiger partial charge in [-0.2, -0.15) is 0 Å². The van der Waals surface area contributed by atoms with E-state index in [1.54, 1.807) is 4.80 Å². The SMILES string of the molecule is CC(C)(C)c1cc(Cc2cc(C(C)(C)c3ccccc3)cc(-n3nc4ccccc4n3)c2O)cc(C(C)(C)C)c1O. The molecule has 0 saturated carbocycles. The molecule has 0 spiro atoms. The first kappa shape index (κ1) is 28.4. The Morgan fingerprint density at radius 3 is 1.63 bits per heavy atom. The fourth-order valence-corrected chi connectivity index (χ4v) is 5.47. The number of rotatable bonds is 5. The van der Waals surface area contributed by atoms with E-state index in [2.05, 4.69) is 97.9 Å². The summed E-state index contributed by atoms with van der Waals surface area (Å²) in [5, 5.41) is 32.4. The lowest BCUT2D eigenvalue weighted by Crippen LogP contribution is -2.20. The first-order valence-electron chi connectivity index (χ1n) is 14.3. The highest BCUT2D eigenvalue weighted by Gasteiger charge is 2.29. The maximum absolute atomic E-state index is 11.8. The smallest absolute Gasteiger partial charge is 0.146 e. The Bertz CT molecular complexity index is 1650. The quantitative estimate of drug-likeness (QED) is 0.232. The highest BCUT2D eigenvalue weighted by molar-refractivity contribution is 5.74. The number of aromatic hydroxyl groups is 2. The molecule has 0 radical (unpaired) electrons. The van der Waals surface area contributed by atoms with E-state index in [1.165, 1.54) is 5.56 Å². The molecule has 5 heteroatoms. The first-order chi connectivity index (χ1) is 19.2. The molecule has 0 unspecified atom stereocenters. The molecule has 212 valence electrons. The largest absolute Gasteiger partial charge is 0.507 e. The number of hydrogen-bond acceptors (Lipinski definition) is 4. The zero-order valence-corrected chi connectivity index (χ0v) is 25.4. The van der Waals surface area contributed by atoms with Gasteiger partial charge in [-0.3, -0.25) is 0 Å². The molecule has 0 aliphatic rings. The Hall–Kier alpha value is -4.12. The van der Waals surface area contributed by atoms with Crippen LogP contribution in [0, 0.1) is 0 Å². The molecule has 0 saturated heterocycles. The molecular weight excluding hydrogens is 506 g/mol. The van der Waals surface area contributed by atoms with Gasteiger partial charge >= 0.3 is 0 Å². The van der Waals surface area contributed by atoms with Crippen LogP contribution in [0.1, 0.15) is 88.8 Å². The van der Waals surface area contributed by atoms with Crippen molar-refractivity contribution in [3.8, 4) is 17.2 Å². The van der Waals surface area contributed by atoms with Gasteiger partial charge in [0.1, 0.15) is 28.2 Å². The summed E-state index contributed by atoms with van der Waals surface area (Å²) in [5.41, 5.74) is 7.10. The number of benzene rings is 4. The lowest BCUT2D eigenvalue weighted by Gasteiger charge is -2.29. The number of fused-ring (bicyclic) bond motifs is 1. The molecule has 0 amide bonds. The number of phenolic OH excluding ortho intramolecular Hbond substituents is 2. The Morgan fingerprint density at radius 2 is 1.12 bits per heavy atom. The minimum atomic E-state index is -0.340. The van der Waals surface area contributed by atoms with Gasteiger partial charge in [0.2, 0.25) is 0 Å². The summed E-state index contributed by atoms with van der Waals surface area (Å²) in [6.45, 7) is 17.1. The van der Waals surface area contributed by atoms with Crippen LogP contribution in [0.2, 0.25) is 0 Å². The van der Waals surface area contributed by atoms with Crippen LogP contribution < -0.4 is 0 Å². The van der Waals surface area contributed by atoms with Crippen LogP contribution in [-0.2, 0) is 22.7 Å². The zero-order chi connectivity index (χ0) is 29.7. The normalized spacial score (nSPS) is 12.7. The van der Waals surface area contributed by atoms with Crippen LogP contribution in [0.15, 0.2) is 78.9 Å². The van der Waals surface area contributed by atoms with E-state index >= 15 is 0 Å². The van der Waals surface area contributed by atoms with Crippen LogP contribution in [0.4, 0.5) is 0 Å². The third-order valence-corrected chi connectivity index (χ3v) is 8.07. The molecule has 0 fully saturated rings. The van der Waals surface area contributed by atoms with Gasteiger partial charge in [0.05, 0.1) is 0 Å². The summed E-state index contributed by atoms with van der Waals surface area (Å²) >= 11 is 0. The molecule has 1 aromatic heterocycles. The molecule has 5 nitrogen and oxygen atoms in total. The third kappa shape index (κ3) is 5.46. The molecule has 5 rings (SSSR count). The van der Waals surface area contributed by atoms with Crippen molar-refractivity contribution in [2.24, 2.45) is 0 Å². The van der Waals surface area contributed by atoms with Crippen molar-refractivity contribution in [3.05, 3.63) is 112 Å². The monoisotopic (exact) mass is 547 g/mol. The van der Waals surface area contributed by atoms with Gasteiger partial charge in [-0.05, 0) is 56.8 Å². The van der Waals surface area contributed by atoms with Crippen LogP contribution in [0.25, 0.3) is 16.7 Å². The summed E-state index contributed by atoms with van der Waals surface area (Å²) in [5.74, 6) is 0.505. The maximum atomic E-state index is 11.8. The van der Waals surface area contributed by atoms with E-state index in [4.69, 9.17) is 10.2 Å². The minimum Gasteiger partial charge on any atom is -0.507 e. The Kier molecular flexibility index (Phi) is 6.97. The van der Waals surface area contributed by atoms with Crippen molar-refractivity contribution in [1.29, 1.82) is 0 Å². The topological polar surface area (TPSA) is 71.2 Å². The lowest BCUT2D eigenvalue weighted by molar-refractivity contribution is 0.422. The van der Waals surface area contributed by atoms with Gasteiger partial charge in [0.15, 0.2) is 0 Å². The predicted molar refractivity (Wildman–Crippen MR) is 167 cm³/mol. The summed E-state index contributed by atoms with van der Waals surface area (Å²) < 4.78 is 0. The zero-order valence-electron chi connectivity index (χ0n) is 25.4. The number of phenols is 2. The fourth-order valence-electron chi connectivity index (χ4n) is 5.47. The van der Waals surface area contributed by atoms with Crippen molar-refractivity contribution in [3.63, 3.8) is 0 Å². The highest BCUT2D eigenvalue weighted by Crippen LogP contribution is 2.42. The number of hydrogen-bond donors (Lipinski definition) is 2. The van der Waals surface area contributed by atoms with Gasteiger partial charge in [0, 0.05) is 17.4 Å². The second kappa shape index (κ2) is 10.1. The average Bonchev–Trinajstić information content (AvgIpc) is 3.34. The van der Waals surface area contributed by atoms with E-state index in [1.807, 2.05) is 36.4 Å². The summed E-state index contributed by atoms with van der Waals surface area (Å²) in [7, 11) is 0. The predicted octanol–water partition coefficient (Wildman–Crippen LogP) is 8.34. The molecule has 2 N–H and O–H groups in total. The summed E-state index contributed by atoms with van der Waals surface area (Å²) in [4.78, 5) is 1.55. The van der Waals surface area contributed by atoms with Crippen molar-refractivity contribution >= 4 is 11.0 Å². The Morgan fingerprint density at radius 1 is 0.610 bits per heavy atom. The molecule has 4 aromatic carbocycles. The molecule has 0 aliphatic carbocycles. The van der Waals surface area contributed by atoms with E-state index in [0.29, 0.717) is 17.9 Å². The molecular formula is C36H41N3O2. The van der Waals surface area contributed by atoms with E-state index in [-0.39, 0.29) is 22.0 Å². The van der Waals surface area contributed by atoms with Crippen LogP contribution in [0.5, 0.6) is 11.5 Å². The van der Waals surface area contributed by atoms with Crippen molar-refractivity contribution < 1.29 is 10.2 Å². The van der Waals surface area contributed by atoms with E-state index < -0.39 is 0 Å². The molecule has 5 aromatic rings. The summed E-state index contributed by atoms with van der Waals surface area (Å²) in [6.07, 6.45) is 0.491. The highest BCUT2D eigenvalue weighted by atomic mass is 16.3. The van der Waals surface area contributed by atoms with Crippen molar-refractivity contribution in [1.82, 2.24) is 15.0 Å². The van der Waals surface area contributed by atoms with Gasteiger partial charge < -0.3 is 10.2 Å². The van der Waals surface area contributed by atoms with Crippen LogP contribution in [0.3, 0.4) is 0 Å². The van der Waals surface area contributed by atoms with Gasteiger partial charge in [-0.25, -0.2) is 0 Å². The average molecular weight is 548 g/mol. The van der Waals surface area contributed by atoms with Gasteiger partial charge in [-0.15, -0.1) is 15.0 Å². The molecule has 41 heavy (non-hydrogen) atoms. The molecule has 1 heterocycles. The Balaban J connectivity index is 1.72. The van der Waals surface area contributed by atoms with E-state index in [0.717, 1.165) is 38.9 Å². The minimum absolute atomic E-state index is 0.153. The van der Waals surface area contributed by atoms with Crippen molar-refractivity contribution in [2.75, 3.05) is 0 Å². The Labute approximate surface area is 243 Å². The standard InChI is InChI=1S/C36H41N3O2/c1-34(2,3)27-19-23(20-28(33(27)41)35(4,5)6)18-24-21-26(36(7,8)25-14-10-9-11-15-25)22-31(32(24)40)39-37-29-16-12-13-17-30(29)38-39/h9-17,19-22,40-41H,18H2,1-8H3. The molecule has 0 atom stereocenters. The lowest BCUT2D eigenvalue weighted by atomic mass is 9.76. The first-order valence-corrected chi connectivity index (χ1v) is 14.3. The van der Waals surface area contributed by atoms with E-state index in [9.17, 15) is 10.2 Å². The van der Waals surface area contributed by atoms with Crippen LogP contribution >= 0.6 is 0 Å². The maximum Gasteiger partial charge on any atom is 0.146 e. The second-order valence-electron chi connectivity index (χ2n) is 13.7. The van der Waals surface area contributed by atoms with Gasteiger partial charge in [-0.1, -0.05) is 116 Å². The number of aromatic nitrogens is 3. The summed E-state index contributed by atoms with van der Waals surface area (Å²) in [6, 6.07) is 26.4. The van der Waals surface area contributed by atoms with Crippen LogP contribution in [-0.4, -0.2) is 25.2 Å². The van der Waals surface area contributed by atoms with Crippen molar-refractivity contribution in [2.45, 2.75) is 78.1 Å². The van der Waals surface area contributed by atoms with Gasteiger partial charge in [0.25, 0.3) is 0 Å². The third-order valence-electron chi connectivity index (χ3n) is 8.07. The fraction of sp³-hybridized carbons (Fsp3) is 0.333. The second-order valence-corrected chi connectivity index (χ2v) is 13.7. The molecule has 0 aliphatic heterocycles.